The second kappa shape index (κ2) is 6.63. The number of nitrogens with zero attached hydrogens (tertiary/aromatic N) is 6. The summed E-state index contributed by atoms with van der Waals surface area (Å²) in [5, 5.41) is 17.0. The number of hydrogen-bond donors (Lipinski definition) is 1. The molecule has 12 heteroatoms. The fourth-order valence-corrected chi connectivity index (χ4v) is 3.95. The fourth-order valence-electron chi connectivity index (χ4n) is 3.12. The zero-order chi connectivity index (χ0) is 20.1. The quantitative estimate of drug-likeness (QED) is 0.684. The van der Waals surface area contributed by atoms with Crippen LogP contribution in [0.5, 0.6) is 5.75 Å². The van der Waals surface area contributed by atoms with Crippen LogP contribution < -0.4 is 4.90 Å². The average Bonchev–Trinajstić information content (AvgIpc) is 3.09. The summed E-state index contributed by atoms with van der Waals surface area (Å²) >= 11 is 0. The zero-order valence-electron chi connectivity index (χ0n) is 14.7. The summed E-state index contributed by atoms with van der Waals surface area (Å²) in [4.78, 5) is 6.27. The molecule has 9 nitrogen and oxygen atoms in total. The predicted molar refractivity (Wildman–Crippen MR) is 96.9 cm³/mol. The molecule has 1 fully saturated rings. The van der Waals surface area contributed by atoms with E-state index in [9.17, 15) is 22.3 Å². The lowest BCUT2D eigenvalue weighted by Crippen LogP contribution is -2.48. The number of fused-ring (bicyclic) bond motifs is 1. The summed E-state index contributed by atoms with van der Waals surface area (Å²) in [6.45, 7) is 1.72. The molecule has 0 atom stereocenters. The Kier molecular flexibility index (Phi) is 4.38. The van der Waals surface area contributed by atoms with Crippen molar-refractivity contribution in [2.75, 3.05) is 37.3 Å². The highest BCUT2D eigenvalue weighted by Gasteiger charge is 2.24. The van der Waals surface area contributed by atoms with Crippen molar-refractivity contribution >= 4 is 26.9 Å². The Morgan fingerprint density at radius 3 is 2.46 bits per heavy atom. The van der Waals surface area contributed by atoms with Crippen LogP contribution in [0.4, 0.5) is 14.6 Å². The summed E-state index contributed by atoms with van der Waals surface area (Å²) in [5.74, 6) is -2.72. The van der Waals surface area contributed by atoms with Crippen molar-refractivity contribution in [1.82, 2.24) is 24.3 Å². The van der Waals surface area contributed by atoms with Crippen LogP contribution in [-0.4, -0.2) is 70.2 Å². The minimum absolute atomic E-state index is 0.0335. The Balaban J connectivity index is 1.60. The summed E-state index contributed by atoms with van der Waals surface area (Å²) < 4.78 is 53.4. The Labute approximate surface area is 158 Å². The molecule has 3 heterocycles. The van der Waals surface area contributed by atoms with E-state index in [4.69, 9.17) is 0 Å². The van der Waals surface area contributed by atoms with Gasteiger partial charge in [-0.3, -0.25) is 0 Å². The van der Waals surface area contributed by atoms with Crippen molar-refractivity contribution in [2.24, 2.45) is 0 Å². The summed E-state index contributed by atoms with van der Waals surface area (Å²) in [6, 6.07) is 4.24. The number of piperazine rings is 1. The van der Waals surface area contributed by atoms with Gasteiger partial charge in [-0.25, -0.2) is 26.9 Å². The Morgan fingerprint density at radius 1 is 1.14 bits per heavy atom. The molecule has 0 radical (unpaired) electrons. The summed E-state index contributed by atoms with van der Waals surface area (Å²) in [5.41, 5.74) is 0.190. The first-order chi connectivity index (χ1) is 13.3. The number of sulfonamides is 1. The van der Waals surface area contributed by atoms with Crippen LogP contribution in [-0.2, 0) is 10.0 Å². The standard InChI is InChI=1S/C16H16F2N6O3S/c1-28(26,27)23-6-4-22(5-7-23)13-3-2-10(9-19-13)24-15-12(20-21-24)8-11(17)16(25)14(15)18/h2-3,8-9,25H,4-7H2,1H3. The predicted octanol–water partition coefficient (Wildman–Crippen LogP) is 0.881. The molecule has 1 aliphatic rings. The molecule has 0 bridgehead atoms. The van der Waals surface area contributed by atoms with E-state index in [0.29, 0.717) is 37.7 Å². The topological polar surface area (TPSA) is 104 Å². The van der Waals surface area contributed by atoms with E-state index in [1.54, 1.807) is 12.1 Å². The third kappa shape index (κ3) is 3.14. The van der Waals surface area contributed by atoms with E-state index in [0.717, 1.165) is 10.7 Å². The maximum Gasteiger partial charge on any atom is 0.211 e. The number of phenolic OH excluding ortho intramolecular Hbond substituents is 1. The van der Waals surface area contributed by atoms with E-state index in [-0.39, 0.29) is 11.0 Å². The van der Waals surface area contributed by atoms with Crippen molar-refractivity contribution < 1.29 is 22.3 Å². The van der Waals surface area contributed by atoms with Crippen LogP contribution in [0.1, 0.15) is 0 Å². The second-order valence-electron chi connectivity index (χ2n) is 6.41. The van der Waals surface area contributed by atoms with Crippen LogP contribution in [0.2, 0.25) is 0 Å². The molecular formula is C16H16F2N6O3S. The molecule has 3 aromatic rings. The number of phenols is 1. The third-order valence-corrected chi connectivity index (χ3v) is 5.91. The molecular weight excluding hydrogens is 394 g/mol. The highest BCUT2D eigenvalue weighted by molar-refractivity contribution is 7.88. The molecule has 0 unspecified atom stereocenters. The number of benzene rings is 1. The number of anilines is 1. The first-order valence-electron chi connectivity index (χ1n) is 8.34. The Hall–Kier alpha value is -2.86. The van der Waals surface area contributed by atoms with Gasteiger partial charge in [0.2, 0.25) is 10.0 Å². The van der Waals surface area contributed by atoms with E-state index in [2.05, 4.69) is 15.3 Å². The van der Waals surface area contributed by atoms with Crippen molar-refractivity contribution in [1.29, 1.82) is 0 Å². The fraction of sp³-hybridized carbons (Fsp3) is 0.312. The number of aromatic nitrogens is 4. The minimum atomic E-state index is -3.21. The van der Waals surface area contributed by atoms with Crippen LogP contribution >= 0.6 is 0 Å². The SMILES string of the molecule is CS(=O)(=O)N1CCN(c2ccc(-n3nnc4cc(F)c(O)c(F)c43)cn2)CC1. The third-order valence-electron chi connectivity index (χ3n) is 4.61. The smallest absolute Gasteiger partial charge is 0.211 e. The van der Waals surface area contributed by atoms with E-state index >= 15 is 0 Å². The van der Waals surface area contributed by atoms with Gasteiger partial charge >= 0.3 is 0 Å². The molecule has 1 aliphatic heterocycles. The van der Waals surface area contributed by atoms with Gasteiger partial charge in [0.1, 0.15) is 16.9 Å². The molecule has 0 amide bonds. The Bertz CT molecular complexity index is 1140. The monoisotopic (exact) mass is 410 g/mol. The van der Waals surface area contributed by atoms with Gasteiger partial charge in [0.05, 0.1) is 18.1 Å². The van der Waals surface area contributed by atoms with Gasteiger partial charge in [0, 0.05) is 32.2 Å². The maximum absolute atomic E-state index is 14.3. The molecule has 1 saturated heterocycles. The first kappa shape index (κ1) is 18.5. The largest absolute Gasteiger partial charge is 0.503 e. The number of pyridine rings is 1. The van der Waals surface area contributed by atoms with Gasteiger partial charge in [0.25, 0.3) is 0 Å². The minimum Gasteiger partial charge on any atom is -0.503 e. The van der Waals surface area contributed by atoms with Crippen LogP contribution in [0.15, 0.2) is 24.4 Å². The van der Waals surface area contributed by atoms with Gasteiger partial charge in [-0.05, 0) is 12.1 Å². The van der Waals surface area contributed by atoms with Crippen molar-refractivity contribution in [3.8, 4) is 11.4 Å². The number of rotatable bonds is 3. The van der Waals surface area contributed by atoms with Gasteiger partial charge in [-0.15, -0.1) is 5.10 Å². The van der Waals surface area contributed by atoms with Crippen molar-refractivity contribution in [3.63, 3.8) is 0 Å². The Morgan fingerprint density at radius 2 is 1.86 bits per heavy atom. The number of halogens is 2. The van der Waals surface area contributed by atoms with E-state index in [1.165, 1.54) is 16.8 Å². The van der Waals surface area contributed by atoms with Gasteiger partial charge in [-0.1, -0.05) is 5.21 Å². The van der Waals surface area contributed by atoms with Crippen molar-refractivity contribution in [3.05, 3.63) is 36.0 Å². The highest BCUT2D eigenvalue weighted by Crippen LogP contribution is 2.29. The molecule has 0 saturated carbocycles. The molecule has 1 N–H and O–H groups in total. The van der Waals surface area contributed by atoms with Gasteiger partial charge in [-0.2, -0.15) is 4.31 Å². The molecule has 0 spiro atoms. The van der Waals surface area contributed by atoms with Crippen LogP contribution in [0.25, 0.3) is 16.7 Å². The number of hydrogen-bond acceptors (Lipinski definition) is 7. The lowest BCUT2D eigenvalue weighted by atomic mass is 10.2. The highest BCUT2D eigenvalue weighted by atomic mass is 32.2. The summed E-state index contributed by atoms with van der Waals surface area (Å²) in [7, 11) is -3.21. The number of aromatic hydroxyl groups is 1. The summed E-state index contributed by atoms with van der Waals surface area (Å²) in [6.07, 6.45) is 2.63. The molecule has 2 aromatic heterocycles. The average molecular weight is 410 g/mol. The van der Waals surface area contributed by atoms with E-state index < -0.39 is 27.4 Å². The molecule has 1 aromatic carbocycles. The van der Waals surface area contributed by atoms with Crippen LogP contribution in [0, 0.1) is 11.6 Å². The first-order valence-corrected chi connectivity index (χ1v) is 10.2. The van der Waals surface area contributed by atoms with Gasteiger partial charge in [0.15, 0.2) is 17.4 Å². The lowest BCUT2D eigenvalue weighted by molar-refractivity contribution is 0.387. The molecule has 28 heavy (non-hydrogen) atoms. The van der Waals surface area contributed by atoms with Crippen LogP contribution in [0.3, 0.4) is 0 Å². The molecule has 4 rings (SSSR count). The molecule has 0 aliphatic carbocycles. The van der Waals surface area contributed by atoms with E-state index in [1.807, 2.05) is 4.90 Å². The normalized spacial score (nSPS) is 16.0. The van der Waals surface area contributed by atoms with Crippen molar-refractivity contribution in [2.45, 2.75) is 0 Å². The zero-order valence-corrected chi connectivity index (χ0v) is 15.6. The second-order valence-corrected chi connectivity index (χ2v) is 8.40. The molecule has 148 valence electrons. The maximum atomic E-state index is 14.3. The van der Waals surface area contributed by atoms with Gasteiger partial charge < -0.3 is 10.0 Å². The lowest BCUT2D eigenvalue weighted by Gasteiger charge is -2.33.